The van der Waals surface area contributed by atoms with Crippen molar-refractivity contribution in [1.82, 2.24) is 0 Å². The van der Waals surface area contributed by atoms with Crippen LogP contribution in [0.15, 0.2) is 24.3 Å². The molecule has 3 nitrogen and oxygen atoms in total. The van der Waals surface area contributed by atoms with E-state index in [1.54, 1.807) is 0 Å². The largest absolute Gasteiger partial charge is 0.469 e. The van der Waals surface area contributed by atoms with Gasteiger partial charge in [-0.05, 0) is 35.8 Å². The molecule has 0 aliphatic carbocycles. The molecule has 0 bridgehead atoms. The van der Waals surface area contributed by atoms with Crippen LogP contribution in [0.3, 0.4) is 0 Å². The minimum atomic E-state index is -0.144. The number of carbonyl (C=O) groups is 1. The number of hydrogen-bond acceptors (Lipinski definition) is 3. The van der Waals surface area contributed by atoms with Crippen LogP contribution < -0.4 is 5.73 Å². The summed E-state index contributed by atoms with van der Waals surface area (Å²) in [6.45, 7) is 6.73. The Morgan fingerprint density at radius 1 is 1.24 bits per heavy atom. The maximum Gasteiger partial charge on any atom is 0.305 e. The number of esters is 1. The first kappa shape index (κ1) is 17.7. The summed E-state index contributed by atoms with van der Waals surface area (Å²) in [6.07, 6.45) is 4.27. The Bertz CT molecular complexity index is 437. The average molecular weight is 291 g/mol. The molecule has 0 radical (unpaired) electrons. The second-order valence-corrected chi connectivity index (χ2v) is 6.29. The summed E-state index contributed by atoms with van der Waals surface area (Å²) in [6, 6.07) is 8.69. The highest BCUT2D eigenvalue weighted by Gasteiger charge is 2.18. The fraction of sp³-hybridized carbons (Fsp3) is 0.611. The molecule has 0 saturated heterocycles. The van der Waals surface area contributed by atoms with Crippen LogP contribution in [0.4, 0.5) is 0 Å². The first-order valence-electron chi connectivity index (χ1n) is 7.83. The van der Waals surface area contributed by atoms with Gasteiger partial charge >= 0.3 is 5.97 Å². The first-order chi connectivity index (χ1) is 9.90. The van der Waals surface area contributed by atoms with Crippen molar-refractivity contribution in [3.05, 3.63) is 35.4 Å². The summed E-state index contributed by atoms with van der Waals surface area (Å²) in [7, 11) is 1.42. The summed E-state index contributed by atoms with van der Waals surface area (Å²) in [5, 5.41) is 0. The number of benzene rings is 1. The van der Waals surface area contributed by atoms with Crippen molar-refractivity contribution in [2.45, 2.75) is 64.3 Å². The lowest BCUT2D eigenvalue weighted by Gasteiger charge is -2.24. The van der Waals surface area contributed by atoms with Crippen molar-refractivity contribution >= 4 is 5.97 Å². The van der Waals surface area contributed by atoms with Gasteiger partial charge in [-0.2, -0.15) is 0 Å². The first-order valence-corrected chi connectivity index (χ1v) is 7.83. The van der Waals surface area contributed by atoms with E-state index in [0.29, 0.717) is 6.42 Å². The molecule has 1 unspecified atom stereocenters. The van der Waals surface area contributed by atoms with Gasteiger partial charge in [-0.1, -0.05) is 51.5 Å². The molecule has 0 fully saturated rings. The van der Waals surface area contributed by atoms with Crippen LogP contribution in [-0.2, 0) is 14.9 Å². The summed E-state index contributed by atoms with van der Waals surface area (Å²) in [5.74, 6) is -0.144. The maximum atomic E-state index is 11.0. The van der Waals surface area contributed by atoms with E-state index in [1.165, 1.54) is 18.2 Å². The normalized spacial score (nSPS) is 13.0. The third-order valence-corrected chi connectivity index (χ3v) is 4.38. The Kier molecular flexibility index (Phi) is 6.90. The quantitative estimate of drug-likeness (QED) is 0.579. The molecule has 0 aromatic heterocycles. The number of unbranched alkanes of at least 4 members (excludes halogenated alkanes) is 1. The summed E-state index contributed by atoms with van der Waals surface area (Å²) in [4.78, 5) is 11.0. The zero-order valence-corrected chi connectivity index (χ0v) is 13.8. The molecule has 0 aliphatic rings. The fourth-order valence-electron chi connectivity index (χ4n) is 2.29. The Morgan fingerprint density at radius 2 is 1.86 bits per heavy atom. The van der Waals surface area contributed by atoms with Gasteiger partial charge in [-0.3, -0.25) is 4.79 Å². The van der Waals surface area contributed by atoms with E-state index in [2.05, 4.69) is 49.8 Å². The van der Waals surface area contributed by atoms with E-state index >= 15 is 0 Å². The molecule has 0 amide bonds. The minimum Gasteiger partial charge on any atom is -0.469 e. The van der Waals surface area contributed by atoms with Gasteiger partial charge in [0.05, 0.1) is 7.11 Å². The highest BCUT2D eigenvalue weighted by Crippen LogP contribution is 2.28. The molecule has 0 saturated carbocycles. The van der Waals surface area contributed by atoms with Gasteiger partial charge in [0.2, 0.25) is 0 Å². The number of methoxy groups -OCH3 is 1. The molecule has 1 atom stereocenters. The number of nitrogens with two attached hydrogens (primary N) is 1. The Morgan fingerprint density at radius 3 is 2.38 bits per heavy atom. The molecular weight excluding hydrogens is 262 g/mol. The van der Waals surface area contributed by atoms with Gasteiger partial charge in [0, 0.05) is 12.5 Å². The molecular formula is C18H29NO2. The Labute approximate surface area is 128 Å². The summed E-state index contributed by atoms with van der Waals surface area (Å²) < 4.78 is 4.63. The number of carbonyl (C=O) groups excluding carboxylic acids is 1. The highest BCUT2D eigenvalue weighted by molar-refractivity contribution is 5.68. The molecule has 0 aliphatic heterocycles. The van der Waals surface area contributed by atoms with E-state index in [4.69, 9.17) is 5.73 Å². The molecule has 21 heavy (non-hydrogen) atoms. The van der Waals surface area contributed by atoms with Gasteiger partial charge in [-0.15, -0.1) is 0 Å². The van der Waals surface area contributed by atoms with E-state index in [1.807, 2.05) is 0 Å². The number of rotatable bonds is 8. The topological polar surface area (TPSA) is 52.3 Å². The van der Waals surface area contributed by atoms with Crippen LogP contribution in [0.1, 0.15) is 70.0 Å². The van der Waals surface area contributed by atoms with E-state index < -0.39 is 0 Å². The molecule has 1 rings (SSSR count). The van der Waals surface area contributed by atoms with Crippen molar-refractivity contribution in [2.75, 3.05) is 7.11 Å². The Balaban J connectivity index is 2.48. The highest BCUT2D eigenvalue weighted by atomic mass is 16.5. The van der Waals surface area contributed by atoms with Gasteiger partial charge in [0.15, 0.2) is 0 Å². The van der Waals surface area contributed by atoms with Gasteiger partial charge < -0.3 is 10.5 Å². The van der Waals surface area contributed by atoms with Crippen molar-refractivity contribution in [1.29, 1.82) is 0 Å². The van der Waals surface area contributed by atoms with Crippen LogP contribution >= 0.6 is 0 Å². The smallest absolute Gasteiger partial charge is 0.305 e. The van der Waals surface area contributed by atoms with E-state index in [9.17, 15) is 4.79 Å². The molecule has 3 heteroatoms. The second kappa shape index (κ2) is 8.18. The van der Waals surface area contributed by atoms with E-state index in [0.717, 1.165) is 25.7 Å². The molecule has 0 spiro atoms. The van der Waals surface area contributed by atoms with Gasteiger partial charge in [0.25, 0.3) is 0 Å². The molecule has 0 heterocycles. The molecule has 1 aromatic rings. The second-order valence-electron chi connectivity index (χ2n) is 6.29. The summed E-state index contributed by atoms with van der Waals surface area (Å²) in [5.41, 5.74) is 8.95. The molecule has 2 N–H and O–H groups in total. The zero-order valence-electron chi connectivity index (χ0n) is 13.8. The lowest BCUT2D eigenvalue weighted by atomic mass is 9.81. The minimum absolute atomic E-state index is 0.0430. The SMILES string of the molecule is CCC(C)(C)c1ccc(C(N)CCCCC(=O)OC)cc1. The fourth-order valence-corrected chi connectivity index (χ4v) is 2.29. The van der Waals surface area contributed by atoms with Crippen LogP contribution in [0, 0.1) is 0 Å². The van der Waals surface area contributed by atoms with Crippen molar-refractivity contribution < 1.29 is 9.53 Å². The number of ether oxygens (including phenoxy) is 1. The number of hydrogen-bond donors (Lipinski definition) is 1. The lowest BCUT2D eigenvalue weighted by molar-refractivity contribution is -0.140. The predicted octanol–water partition coefficient (Wildman–Crippen LogP) is 4.11. The third kappa shape index (κ3) is 5.50. The van der Waals surface area contributed by atoms with Crippen molar-refractivity contribution in [3.8, 4) is 0 Å². The van der Waals surface area contributed by atoms with Gasteiger partial charge in [-0.25, -0.2) is 0 Å². The standard InChI is InChI=1S/C18H29NO2/c1-5-18(2,3)15-12-10-14(11-13-15)16(19)8-6-7-9-17(20)21-4/h10-13,16H,5-9,19H2,1-4H3. The predicted molar refractivity (Wildman–Crippen MR) is 87.2 cm³/mol. The van der Waals surface area contributed by atoms with Crippen molar-refractivity contribution in [3.63, 3.8) is 0 Å². The van der Waals surface area contributed by atoms with Gasteiger partial charge in [0.1, 0.15) is 0 Å². The van der Waals surface area contributed by atoms with Crippen molar-refractivity contribution in [2.24, 2.45) is 5.73 Å². The van der Waals surface area contributed by atoms with Crippen LogP contribution in [0.25, 0.3) is 0 Å². The third-order valence-electron chi connectivity index (χ3n) is 4.38. The average Bonchev–Trinajstić information content (AvgIpc) is 2.51. The van der Waals surface area contributed by atoms with E-state index in [-0.39, 0.29) is 17.4 Å². The monoisotopic (exact) mass is 291 g/mol. The van der Waals surface area contributed by atoms with Crippen LogP contribution in [0.5, 0.6) is 0 Å². The summed E-state index contributed by atoms with van der Waals surface area (Å²) >= 11 is 0. The molecule has 1 aromatic carbocycles. The van der Waals surface area contributed by atoms with Crippen LogP contribution in [0.2, 0.25) is 0 Å². The Hall–Kier alpha value is -1.35. The van der Waals surface area contributed by atoms with Crippen LogP contribution in [-0.4, -0.2) is 13.1 Å². The lowest BCUT2D eigenvalue weighted by Crippen LogP contribution is -2.16. The molecule has 118 valence electrons. The maximum absolute atomic E-state index is 11.0. The zero-order chi connectivity index (χ0) is 15.9.